The van der Waals surface area contributed by atoms with Gasteiger partial charge in [0.05, 0.1) is 11.4 Å². The highest BCUT2D eigenvalue weighted by atomic mass is 16.3. The summed E-state index contributed by atoms with van der Waals surface area (Å²) in [7, 11) is 0. The van der Waals surface area contributed by atoms with Crippen molar-refractivity contribution in [1.29, 1.82) is 0 Å². The fraction of sp³-hybridized carbons (Fsp3) is 0.0645. The predicted octanol–water partition coefficient (Wildman–Crippen LogP) is 15.7. The Kier molecular flexibility index (Phi) is 8.01. The van der Waals surface area contributed by atoms with Crippen LogP contribution in [0.1, 0.15) is 26.3 Å². The van der Waals surface area contributed by atoms with E-state index in [-0.39, 0.29) is 12.3 Å². The zero-order valence-electron chi connectivity index (χ0n) is 37.5. The summed E-state index contributed by atoms with van der Waals surface area (Å²) in [6, 6.07) is 78.2. The van der Waals surface area contributed by atoms with Crippen molar-refractivity contribution < 1.29 is 4.42 Å². The molecule has 0 fully saturated rings. The highest BCUT2D eigenvalue weighted by Crippen LogP contribution is 2.53. The second-order valence-electron chi connectivity index (χ2n) is 19.2. The van der Waals surface area contributed by atoms with Gasteiger partial charge in [-0.05, 0) is 111 Å². The first kappa shape index (κ1) is 38.0. The first-order chi connectivity index (χ1) is 32.9. The Balaban J connectivity index is 1.17. The van der Waals surface area contributed by atoms with E-state index < -0.39 is 0 Å². The molecule has 2 aliphatic heterocycles. The molecule has 0 spiro atoms. The molecule has 2 aliphatic rings. The number of furan rings is 1. The third kappa shape index (κ3) is 5.49. The van der Waals surface area contributed by atoms with Gasteiger partial charge in [-0.1, -0.05) is 166 Å². The number of anilines is 6. The lowest BCUT2D eigenvalue weighted by Gasteiger charge is -2.41. The van der Waals surface area contributed by atoms with E-state index in [0.29, 0.717) is 0 Å². The van der Waals surface area contributed by atoms with E-state index in [0.717, 1.165) is 56.1 Å². The smallest absolute Gasteiger partial charge is 0.333 e. The van der Waals surface area contributed by atoms with Gasteiger partial charge in [0.2, 0.25) is 0 Å². The molecule has 14 rings (SSSR count). The molecule has 316 valence electrons. The number of aromatic nitrogens is 1. The number of fused-ring (bicyclic) bond motifs is 13. The van der Waals surface area contributed by atoms with Gasteiger partial charge in [-0.15, -0.1) is 0 Å². The van der Waals surface area contributed by atoms with Crippen LogP contribution in [0.25, 0.3) is 76.8 Å². The topological polar surface area (TPSA) is 24.6 Å². The Morgan fingerprint density at radius 2 is 1.18 bits per heavy atom. The lowest BCUT2D eigenvalue weighted by atomic mass is 9.45. The van der Waals surface area contributed by atoms with Gasteiger partial charge in [-0.25, -0.2) is 0 Å². The van der Waals surface area contributed by atoms with Gasteiger partial charge in [0.25, 0.3) is 0 Å². The Morgan fingerprint density at radius 3 is 1.94 bits per heavy atom. The van der Waals surface area contributed by atoms with Crippen molar-refractivity contribution >= 4 is 106 Å². The minimum Gasteiger partial charge on any atom is -0.454 e. The van der Waals surface area contributed by atoms with Crippen LogP contribution in [0.5, 0.6) is 0 Å². The van der Waals surface area contributed by atoms with Crippen molar-refractivity contribution in [3.8, 4) is 22.3 Å². The van der Waals surface area contributed by atoms with E-state index in [9.17, 15) is 0 Å². The van der Waals surface area contributed by atoms with Crippen LogP contribution in [0, 0.1) is 0 Å². The molecule has 2 aromatic heterocycles. The Labute approximate surface area is 389 Å². The van der Waals surface area contributed by atoms with Crippen LogP contribution < -0.4 is 20.7 Å². The average molecular weight is 858 g/mol. The highest BCUT2D eigenvalue weighted by molar-refractivity contribution is 6.90. The van der Waals surface area contributed by atoms with Crippen LogP contribution in [0.3, 0.4) is 0 Å². The second-order valence-corrected chi connectivity index (χ2v) is 19.2. The van der Waals surface area contributed by atoms with E-state index in [2.05, 4.69) is 247 Å². The largest absolute Gasteiger partial charge is 0.454 e. The Hall–Kier alpha value is -8.28. The Morgan fingerprint density at radius 1 is 0.493 bits per heavy atom. The molecule has 0 unspecified atom stereocenters. The average Bonchev–Trinajstić information content (AvgIpc) is 3.92. The SMILES string of the molecule is CC(C)(C)c1ccc(N2c3cc(N(c4ccccc4)c4ccccc4)ccc3B3c4c(cc5c(oc6ccccc65)c42)-c2cccc4c5c6ccccc6ccc5n3c24)c(-c2ccccc2)c1. The van der Waals surface area contributed by atoms with Gasteiger partial charge < -0.3 is 18.7 Å². The Bertz CT molecular complexity index is 3940. The van der Waals surface area contributed by atoms with Gasteiger partial charge in [0, 0.05) is 66.5 Å². The van der Waals surface area contributed by atoms with E-state index in [4.69, 9.17) is 4.42 Å². The van der Waals surface area contributed by atoms with Crippen LogP contribution in [0.15, 0.2) is 217 Å². The lowest BCUT2D eigenvalue weighted by molar-refractivity contribution is 0.590. The summed E-state index contributed by atoms with van der Waals surface area (Å²) < 4.78 is 9.92. The number of para-hydroxylation sites is 4. The molecule has 0 saturated carbocycles. The summed E-state index contributed by atoms with van der Waals surface area (Å²) >= 11 is 0. The van der Waals surface area contributed by atoms with Crippen molar-refractivity contribution in [3.05, 3.63) is 218 Å². The molecule has 4 nitrogen and oxygen atoms in total. The third-order valence-electron chi connectivity index (χ3n) is 14.5. The minimum atomic E-state index is -0.171. The zero-order valence-corrected chi connectivity index (χ0v) is 37.5. The van der Waals surface area contributed by atoms with E-state index >= 15 is 0 Å². The van der Waals surface area contributed by atoms with E-state index in [1.165, 1.54) is 71.3 Å². The number of nitrogens with zero attached hydrogens (tertiary/aromatic N) is 3. The zero-order chi connectivity index (χ0) is 44.5. The van der Waals surface area contributed by atoms with Crippen LogP contribution in [-0.4, -0.2) is 11.3 Å². The van der Waals surface area contributed by atoms with Crippen LogP contribution in [-0.2, 0) is 5.41 Å². The molecular formula is C62H44BN3O. The summed E-state index contributed by atoms with van der Waals surface area (Å²) in [6.45, 7) is 6.75. The molecule has 0 atom stereocenters. The quantitative estimate of drug-likeness (QED) is 0.161. The fourth-order valence-electron chi connectivity index (χ4n) is 11.5. The minimum absolute atomic E-state index is 0.0708. The number of benzene rings is 10. The van der Waals surface area contributed by atoms with E-state index in [1.807, 2.05) is 0 Å². The van der Waals surface area contributed by atoms with E-state index in [1.54, 1.807) is 0 Å². The number of rotatable bonds is 5. The van der Waals surface area contributed by atoms with Gasteiger partial charge in [-0.3, -0.25) is 0 Å². The highest BCUT2D eigenvalue weighted by Gasteiger charge is 2.45. The third-order valence-corrected chi connectivity index (χ3v) is 14.5. The van der Waals surface area contributed by atoms with Gasteiger partial charge in [0.1, 0.15) is 5.58 Å². The van der Waals surface area contributed by atoms with Crippen molar-refractivity contribution in [2.45, 2.75) is 26.2 Å². The molecule has 12 aromatic rings. The molecule has 10 aromatic carbocycles. The van der Waals surface area contributed by atoms with Crippen molar-refractivity contribution in [3.63, 3.8) is 0 Å². The van der Waals surface area contributed by atoms with Crippen LogP contribution in [0.4, 0.5) is 34.1 Å². The first-order valence-corrected chi connectivity index (χ1v) is 23.4. The molecule has 0 saturated heterocycles. The fourth-order valence-corrected chi connectivity index (χ4v) is 11.5. The first-order valence-electron chi connectivity index (χ1n) is 23.4. The molecule has 67 heavy (non-hydrogen) atoms. The normalized spacial score (nSPS) is 12.9. The molecule has 4 heterocycles. The van der Waals surface area contributed by atoms with Gasteiger partial charge in [0.15, 0.2) is 5.58 Å². The monoisotopic (exact) mass is 857 g/mol. The molecule has 0 amide bonds. The van der Waals surface area contributed by atoms with Crippen molar-refractivity contribution in [2.75, 3.05) is 9.80 Å². The van der Waals surface area contributed by atoms with Gasteiger partial charge >= 0.3 is 6.85 Å². The predicted molar refractivity (Wildman–Crippen MR) is 284 cm³/mol. The molecule has 0 N–H and O–H groups in total. The lowest BCUT2D eigenvalue weighted by Crippen LogP contribution is -2.56. The summed E-state index contributed by atoms with van der Waals surface area (Å²) in [4.78, 5) is 4.95. The molecule has 0 bridgehead atoms. The summed E-state index contributed by atoms with van der Waals surface area (Å²) in [5.41, 5.74) is 19.3. The number of hydrogen-bond acceptors (Lipinski definition) is 3. The van der Waals surface area contributed by atoms with Crippen LogP contribution in [0.2, 0.25) is 0 Å². The molecule has 0 radical (unpaired) electrons. The maximum absolute atomic E-state index is 7.26. The maximum Gasteiger partial charge on any atom is 0.333 e. The molecular weight excluding hydrogens is 814 g/mol. The van der Waals surface area contributed by atoms with Crippen molar-refractivity contribution in [1.82, 2.24) is 4.48 Å². The second kappa shape index (κ2) is 14.1. The number of hydrogen-bond donors (Lipinski definition) is 0. The summed E-state index contributed by atoms with van der Waals surface area (Å²) in [5.74, 6) is 0. The van der Waals surface area contributed by atoms with Crippen molar-refractivity contribution in [2.24, 2.45) is 0 Å². The molecule has 5 heteroatoms. The van der Waals surface area contributed by atoms with Crippen LogP contribution >= 0.6 is 0 Å². The standard InChI is InChI=1S/C62H44BN3O/c1-62(2,3)41-31-35-53(49(36-41)39-18-7-4-8-19-39)65-55-37-44(64(42-21-9-5-10-22-42)43-23-11-6-12-24-43)32-33-52(55)63-58-50(38-51-46-26-15-16-29-56(46)67-61(51)60(58)65)47-27-17-28-48-57-45-25-14-13-20-40(45)30-34-54(57)66(63)59(47)48/h4-38H,1-3H3. The van der Waals surface area contributed by atoms with Gasteiger partial charge in [-0.2, -0.15) is 0 Å². The maximum atomic E-state index is 7.26. The summed E-state index contributed by atoms with van der Waals surface area (Å²) in [5, 5.41) is 7.31. The summed E-state index contributed by atoms with van der Waals surface area (Å²) in [6.07, 6.45) is 0. The molecule has 0 aliphatic carbocycles.